The first-order valence-corrected chi connectivity index (χ1v) is 4.82. The lowest BCUT2D eigenvalue weighted by molar-refractivity contribution is 0.140. The van der Waals surface area contributed by atoms with Crippen molar-refractivity contribution in [3.63, 3.8) is 0 Å². The highest BCUT2D eigenvalue weighted by Crippen LogP contribution is 2.22. The molecule has 0 fully saturated rings. The zero-order valence-corrected chi connectivity index (χ0v) is 9.86. The van der Waals surface area contributed by atoms with E-state index in [9.17, 15) is 9.50 Å². The summed E-state index contributed by atoms with van der Waals surface area (Å²) in [6.07, 6.45) is -0.0765. The third-order valence-electron chi connectivity index (χ3n) is 2.16. The molecule has 0 amide bonds. The Hall–Kier alpha value is -0.350. The second-order valence-electron chi connectivity index (χ2n) is 3.17. The Morgan fingerprint density at radius 1 is 1.53 bits per heavy atom. The van der Waals surface area contributed by atoms with Crippen molar-refractivity contribution < 1.29 is 9.50 Å². The van der Waals surface area contributed by atoms with Gasteiger partial charge >= 0.3 is 0 Å². The fourth-order valence-corrected chi connectivity index (χ4v) is 1.38. The van der Waals surface area contributed by atoms with Crippen molar-refractivity contribution in [1.82, 2.24) is 0 Å². The van der Waals surface area contributed by atoms with Crippen molar-refractivity contribution in [3.05, 3.63) is 34.6 Å². The maximum atomic E-state index is 12.8. The number of benzene rings is 1. The van der Waals surface area contributed by atoms with Gasteiger partial charge in [-0.3, -0.25) is 0 Å². The Morgan fingerprint density at radius 3 is 2.60 bits per heavy atom. The standard InChI is InChI=1S/C10H13ClFNO.ClH/c1-2-9(14)10(13)6-3-4-8(12)7(11)5-6;/h3-5,9-10,14H,2,13H2,1H3;1H/t9-,10+;/m0./s1. The van der Waals surface area contributed by atoms with Gasteiger partial charge in [-0.25, -0.2) is 4.39 Å². The lowest BCUT2D eigenvalue weighted by Gasteiger charge is -2.17. The van der Waals surface area contributed by atoms with Gasteiger partial charge in [-0.1, -0.05) is 24.6 Å². The SMILES string of the molecule is CC[C@H](O)[C@H](N)c1ccc(F)c(Cl)c1.Cl. The van der Waals surface area contributed by atoms with Crippen molar-refractivity contribution >= 4 is 24.0 Å². The van der Waals surface area contributed by atoms with Crippen LogP contribution in [0.5, 0.6) is 0 Å². The smallest absolute Gasteiger partial charge is 0.141 e. The minimum Gasteiger partial charge on any atom is -0.391 e. The minimum atomic E-state index is -0.628. The number of halogens is 3. The molecule has 0 aliphatic rings. The molecule has 3 N–H and O–H groups in total. The van der Waals surface area contributed by atoms with Crippen LogP contribution in [0.3, 0.4) is 0 Å². The summed E-state index contributed by atoms with van der Waals surface area (Å²) in [5.74, 6) is -0.478. The topological polar surface area (TPSA) is 46.2 Å². The molecule has 0 saturated heterocycles. The quantitative estimate of drug-likeness (QED) is 0.871. The highest BCUT2D eigenvalue weighted by Gasteiger charge is 2.15. The third-order valence-corrected chi connectivity index (χ3v) is 2.45. The molecular weight excluding hydrogens is 240 g/mol. The molecule has 0 bridgehead atoms. The molecule has 5 heteroatoms. The molecule has 0 unspecified atom stereocenters. The molecule has 1 aromatic carbocycles. The first-order chi connectivity index (χ1) is 6.56. The van der Waals surface area contributed by atoms with E-state index in [2.05, 4.69) is 0 Å². The molecule has 2 nitrogen and oxygen atoms in total. The van der Waals surface area contributed by atoms with Crippen LogP contribution >= 0.6 is 24.0 Å². The molecule has 0 saturated carbocycles. The van der Waals surface area contributed by atoms with E-state index in [1.54, 1.807) is 0 Å². The molecule has 1 rings (SSSR count). The Bertz CT molecular complexity index is 322. The number of hydrogen-bond acceptors (Lipinski definition) is 2. The van der Waals surface area contributed by atoms with Crippen LogP contribution in [0.25, 0.3) is 0 Å². The number of rotatable bonds is 3. The van der Waals surface area contributed by atoms with E-state index in [1.807, 2.05) is 6.92 Å². The van der Waals surface area contributed by atoms with Gasteiger partial charge in [0.05, 0.1) is 17.2 Å². The normalized spacial score (nSPS) is 14.2. The Morgan fingerprint density at radius 2 is 2.13 bits per heavy atom. The molecule has 0 radical (unpaired) electrons. The summed E-state index contributed by atoms with van der Waals surface area (Å²) in [5.41, 5.74) is 6.38. The second kappa shape index (κ2) is 6.28. The largest absolute Gasteiger partial charge is 0.391 e. The lowest BCUT2D eigenvalue weighted by Crippen LogP contribution is -2.25. The third kappa shape index (κ3) is 3.61. The van der Waals surface area contributed by atoms with E-state index in [4.69, 9.17) is 17.3 Å². The molecule has 0 aliphatic carbocycles. The number of aliphatic hydroxyl groups is 1. The number of hydrogen-bond donors (Lipinski definition) is 2. The molecule has 0 aliphatic heterocycles. The average molecular weight is 254 g/mol. The fraction of sp³-hybridized carbons (Fsp3) is 0.400. The maximum Gasteiger partial charge on any atom is 0.141 e. The van der Waals surface area contributed by atoms with Crippen molar-refractivity contribution in [2.45, 2.75) is 25.5 Å². The number of nitrogens with two attached hydrogens (primary N) is 1. The van der Waals surface area contributed by atoms with Crippen LogP contribution < -0.4 is 5.73 Å². The molecule has 2 atom stereocenters. The summed E-state index contributed by atoms with van der Waals surface area (Å²) in [6, 6.07) is 3.71. The van der Waals surface area contributed by atoms with Crippen LogP contribution in [0, 0.1) is 5.82 Å². The highest BCUT2D eigenvalue weighted by atomic mass is 35.5. The van der Waals surface area contributed by atoms with Crippen molar-refractivity contribution in [1.29, 1.82) is 0 Å². The summed E-state index contributed by atoms with van der Waals surface area (Å²) >= 11 is 5.59. The summed E-state index contributed by atoms with van der Waals surface area (Å²) in [7, 11) is 0. The van der Waals surface area contributed by atoms with Gasteiger partial charge in [0.1, 0.15) is 5.82 Å². The van der Waals surface area contributed by atoms with Crippen LogP contribution in [0.1, 0.15) is 24.9 Å². The minimum absolute atomic E-state index is 0. The van der Waals surface area contributed by atoms with Gasteiger partial charge in [-0.15, -0.1) is 12.4 Å². The average Bonchev–Trinajstić information content (AvgIpc) is 2.20. The Kier molecular flexibility index (Phi) is 6.13. The molecule has 86 valence electrons. The van der Waals surface area contributed by atoms with Crippen molar-refractivity contribution in [2.24, 2.45) is 5.73 Å². The van der Waals surface area contributed by atoms with Gasteiger partial charge in [0, 0.05) is 0 Å². The monoisotopic (exact) mass is 253 g/mol. The van der Waals surface area contributed by atoms with E-state index >= 15 is 0 Å². The van der Waals surface area contributed by atoms with Crippen LogP contribution in [-0.4, -0.2) is 11.2 Å². The first kappa shape index (κ1) is 14.6. The molecule has 0 aromatic heterocycles. The van der Waals surface area contributed by atoms with Crippen molar-refractivity contribution in [2.75, 3.05) is 0 Å². The van der Waals surface area contributed by atoms with E-state index in [1.165, 1.54) is 18.2 Å². The number of aliphatic hydroxyl groups excluding tert-OH is 1. The fourth-order valence-electron chi connectivity index (χ4n) is 1.20. The van der Waals surface area contributed by atoms with E-state index < -0.39 is 18.0 Å². The summed E-state index contributed by atoms with van der Waals surface area (Å²) < 4.78 is 12.8. The zero-order chi connectivity index (χ0) is 10.7. The maximum absolute atomic E-state index is 12.8. The van der Waals surface area contributed by atoms with Gasteiger partial charge in [-0.2, -0.15) is 0 Å². The van der Waals surface area contributed by atoms with Crippen molar-refractivity contribution in [3.8, 4) is 0 Å². The molecule has 0 spiro atoms. The van der Waals surface area contributed by atoms with E-state index in [-0.39, 0.29) is 17.4 Å². The highest BCUT2D eigenvalue weighted by molar-refractivity contribution is 6.30. The van der Waals surface area contributed by atoms with Crippen LogP contribution in [0.4, 0.5) is 4.39 Å². The zero-order valence-electron chi connectivity index (χ0n) is 8.28. The summed E-state index contributed by atoms with van der Waals surface area (Å²) in [5, 5.41) is 9.51. The Balaban J connectivity index is 0.00000196. The summed E-state index contributed by atoms with van der Waals surface area (Å²) in [4.78, 5) is 0. The van der Waals surface area contributed by atoms with E-state index in [0.717, 1.165) is 0 Å². The van der Waals surface area contributed by atoms with Crippen LogP contribution in [0.2, 0.25) is 5.02 Å². The van der Waals surface area contributed by atoms with Gasteiger partial charge in [0.15, 0.2) is 0 Å². The molecule has 1 aromatic rings. The molecule has 15 heavy (non-hydrogen) atoms. The van der Waals surface area contributed by atoms with Gasteiger partial charge in [-0.05, 0) is 24.1 Å². The first-order valence-electron chi connectivity index (χ1n) is 4.44. The Labute approximate surface area is 99.6 Å². The lowest BCUT2D eigenvalue weighted by atomic mass is 10.0. The summed E-state index contributed by atoms with van der Waals surface area (Å²) in [6.45, 7) is 1.83. The van der Waals surface area contributed by atoms with Gasteiger partial charge in [0.2, 0.25) is 0 Å². The predicted molar refractivity (Wildman–Crippen MR) is 61.9 cm³/mol. The molecule has 0 heterocycles. The van der Waals surface area contributed by atoms with Crippen LogP contribution in [0.15, 0.2) is 18.2 Å². The van der Waals surface area contributed by atoms with Crippen LogP contribution in [-0.2, 0) is 0 Å². The second-order valence-corrected chi connectivity index (χ2v) is 3.58. The predicted octanol–water partition coefficient (Wildman–Crippen LogP) is 2.67. The molecular formula is C10H14Cl2FNO. The van der Waals surface area contributed by atoms with Gasteiger partial charge in [0.25, 0.3) is 0 Å². The van der Waals surface area contributed by atoms with Gasteiger partial charge < -0.3 is 10.8 Å². The van der Waals surface area contributed by atoms with E-state index in [0.29, 0.717) is 12.0 Å².